The predicted octanol–water partition coefficient (Wildman–Crippen LogP) is 3.98. The van der Waals surface area contributed by atoms with E-state index in [1.54, 1.807) is 47.4 Å². The van der Waals surface area contributed by atoms with Crippen molar-refractivity contribution in [2.24, 2.45) is 0 Å². The van der Waals surface area contributed by atoms with E-state index < -0.39 is 10.0 Å². The van der Waals surface area contributed by atoms with Gasteiger partial charge in [-0.25, -0.2) is 8.42 Å². The van der Waals surface area contributed by atoms with Gasteiger partial charge in [0.05, 0.1) is 4.90 Å². The molecule has 0 fully saturated rings. The van der Waals surface area contributed by atoms with Crippen LogP contribution in [0.4, 0.5) is 5.69 Å². The molecule has 0 unspecified atom stereocenters. The number of ether oxygens (including phenoxy) is 2. The quantitative estimate of drug-likeness (QED) is 0.441. The first kappa shape index (κ1) is 22.5. The SMILES string of the molecule is O=C(NCCSCc1ccsc1)c1cccc(NS(=O)(=O)c2ccc3c(c2)OCCO3)c1. The van der Waals surface area contributed by atoms with Gasteiger partial charge < -0.3 is 14.8 Å². The van der Waals surface area contributed by atoms with Gasteiger partial charge in [0.1, 0.15) is 13.2 Å². The second-order valence-electron chi connectivity index (χ2n) is 6.93. The summed E-state index contributed by atoms with van der Waals surface area (Å²) in [5.74, 6) is 2.36. The smallest absolute Gasteiger partial charge is 0.262 e. The summed E-state index contributed by atoms with van der Waals surface area (Å²) in [5.41, 5.74) is 1.97. The number of fused-ring (bicyclic) bond motifs is 1. The van der Waals surface area contributed by atoms with Gasteiger partial charge in [-0.1, -0.05) is 6.07 Å². The Morgan fingerprint density at radius 3 is 2.72 bits per heavy atom. The first-order valence-electron chi connectivity index (χ1n) is 9.91. The Hall–Kier alpha value is -2.69. The number of carbonyl (C=O) groups excluding carboxylic acids is 1. The second kappa shape index (κ2) is 10.3. The monoisotopic (exact) mass is 490 g/mol. The van der Waals surface area contributed by atoms with E-state index >= 15 is 0 Å². The normalized spacial score (nSPS) is 12.9. The number of sulfonamides is 1. The fraction of sp³-hybridized carbons (Fsp3) is 0.227. The van der Waals surface area contributed by atoms with Crippen LogP contribution < -0.4 is 19.5 Å². The molecule has 1 aromatic heterocycles. The molecule has 10 heteroatoms. The number of carbonyl (C=O) groups is 1. The van der Waals surface area contributed by atoms with Crippen LogP contribution in [0.2, 0.25) is 0 Å². The van der Waals surface area contributed by atoms with Gasteiger partial charge >= 0.3 is 0 Å². The van der Waals surface area contributed by atoms with Gasteiger partial charge in [-0.15, -0.1) is 0 Å². The van der Waals surface area contributed by atoms with Crippen LogP contribution in [0.1, 0.15) is 15.9 Å². The molecule has 7 nitrogen and oxygen atoms in total. The zero-order chi connectivity index (χ0) is 22.4. The highest BCUT2D eigenvalue weighted by atomic mass is 32.2. The number of thiophene rings is 1. The maximum absolute atomic E-state index is 12.8. The van der Waals surface area contributed by atoms with E-state index in [9.17, 15) is 13.2 Å². The minimum Gasteiger partial charge on any atom is -0.486 e. The molecule has 168 valence electrons. The maximum atomic E-state index is 12.8. The molecular formula is C22H22N2O5S3. The van der Waals surface area contributed by atoms with Crippen LogP contribution in [0.3, 0.4) is 0 Å². The Morgan fingerprint density at radius 2 is 1.91 bits per heavy atom. The van der Waals surface area contributed by atoms with Gasteiger partial charge in [-0.05, 0) is 52.7 Å². The molecule has 32 heavy (non-hydrogen) atoms. The van der Waals surface area contributed by atoms with Crippen molar-refractivity contribution in [3.05, 3.63) is 70.4 Å². The molecule has 2 heterocycles. The van der Waals surface area contributed by atoms with Gasteiger partial charge in [-0.2, -0.15) is 23.1 Å². The van der Waals surface area contributed by atoms with Crippen LogP contribution in [0, 0.1) is 0 Å². The van der Waals surface area contributed by atoms with Gasteiger partial charge in [0.25, 0.3) is 15.9 Å². The van der Waals surface area contributed by atoms with Crippen molar-refractivity contribution in [3.63, 3.8) is 0 Å². The summed E-state index contributed by atoms with van der Waals surface area (Å²) in [6, 6.07) is 13.0. The van der Waals surface area contributed by atoms with E-state index in [-0.39, 0.29) is 10.8 Å². The lowest BCUT2D eigenvalue weighted by Crippen LogP contribution is -2.26. The number of anilines is 1. The van der Waals surface area contributed by atoms with Crippen LogP contribution in [0.15, 0.2) is 64.2 Å². The number of hydrogen-bond donors (Lipinski definition) is 2. The largest absolute Gasteiger partial charge is 0.486 e. The van der Waals surface area contributed by atoms with Crippen molar-refractivity contribution in [3.8, 4) is 11.5 Å². The molecule has 1 aliphatic heterocycles. The predicted molar refractivity (Wildman–Crippen MR) is 127 cm³/mol. The molecule has 1 aliphatic rings. The summed E-state index contributed by atoms with van der Waals surface area (Å²) in [6.07, 6.45) is 0. The summed E-state index contributed by atoms with van der Waals surface area (Å²) < 4.78 is 39.0. The molecule has 0 saturated carbocycles. The summed E-state index contributed by atoms with van der Waals surface area (Å²) in [7, 11) is -3.85. The van der Waals surface area contributed by atoms with Gasteiger partial charge in [0.2, 0.25) is 0 Å². The van der Waals surface area contributed by atoms with Crippen molar-refractivity contribution >= 4 is 44.7 Å². The molecule has 1 amide bonds. The third-order valence-electron chi connectivity index (χ3n) is 4.58. The highest BCUT2D eigenvalue weighted by molar-refractivity contribution is 7.98. The standard InChI is InChI=1S/C22H22N2O5S3/c25-22(23-7-11-31-15-16-6-10-30-14-16)17-2-1-3-18(12-17)24-32(26,27)19-4-5-20-21(13-19)29-9-8-28-20/h1-6,10,12-14,24H,7-9,11,15H2,(H,23,25). The summed E-state index contributed by atoms with van der Waals surface area (Å²) in [4.78, 5) is 12.5. The topological polar surface area (TPSA) is 93.7 Å². The minimum atomic E-state index is -3.85. The second-order valence-corrected chi connectivity index (χ2v) is 10.5. The number of hydrogen-bond acceptors (Lipinski definition) is 7. The number of rotatable bonds is 9. The van der Waals surface area contributed by atoms with Gasteiger partial charge in [-0.3, -0.25) is 9.52 Å². The van der Waals surface area contributed by atoms with Crippen molar-refractivity contribution in [2.45, 2.75) is 10.6 Å². The number of thioether (sulfide) groups is 1. The number of nitrogens with one attached hydrogen (secondary N) is 2. The lowest BCUT2D eigenvalue weighted by molar-refractivity contribution is 0.0956. The molecule has 4 rings (SSSR count). The Balaban J connectivity index is 1.34. The van der Waals surface area contributed by atoms with Crippen LogP contribution in [-0.2, 0) is 15.8 Å². The highest BCUT2D eigenvalue weighted by Crippen LogP contribution is 2.32. The van der Waals surface area contributed by atoms with E-state index in [0.717, 1.165) is 11.5 Å². The summed E-state index contributed by atoms with van der Waals surface area (Å²) in [5, 5.41) is 7.03. The molecule has 2 N–H and O–H groups in total. The summed E-state index contributed by atoms with van der Waals surface area (Å²) >= 11 is 3.42. The first-order chi connectivity index (χ1) is 15.5. The van der Waals surface area contributed by atoms with E-state index in [4.69, 9.17) is 9.47 Å². The lowest BCUT2D eigenvalue weighted by Gasteiger charge is -2.19. The van der Waals surface area contributed by atoms with Gasteiger partial charge in [0.15, 0.2) is 11.5 Å². The Morgan fingerprint density at radius 1 is 1.06 bits per heavy atom. The molecule has 0 bridgehead atoms. The van der Waals surface area contributed by atoms with E-state index in [2.05, 4.69) is 21.5 Å². The van der Waals surface area contributed by atoms with Crippen molar-refractivity contribution in [1.82, 2.24) is 5.32 Å². The number of amides is 1. The van der Waals surface area contributed by atoms with Crippen molar-refractivity contribution < 1.29 is 22.7 Å². The summed E-state index contributed by atoms with van der Waals surface area (Å²) in [6.45, 7) is 1.33. The van der Waals surface area contributed by atoms with Crippen LogP contribution in [-0.4, -0.2) is 39.8 Å². The van der Waals surface area contributed by atoms with E-state index in [0.29, 0.717) is 42.5 Å². The van der Waals surface area contributed by atoms with Crippen LogP contribution in [0.5, 0.6) is 11.5 Å². The molecular weight excluding hydrogens is 468 g/mol. The molecule has 0 radical (unpaired) electrons. The highest BCUT2D eigenvalue weighted by Gasteiger charge is 2.20. The molecule has 0 atom stereocenters. The molecule has 0 saturated heterocycles. The number of benzene rings is 2. The maximum Gasteiger partial charge on any atom is 0.262 e. The Labute approximate surface area is 195 Å². The van der Waals surface area contributed by atoms with Crippen LogP contribution in [0.25, 0.3) is 0 Å². The Bertz CT molecular complexity index is 1180. The molecule has 3 aromatic rings. The third kappa shape index (κ3) is 5.76. The fourth-order valence-corrected chi connectivity index (χ4v) is 5.68. The fourth-order valence-electron chi connectivity index (χ4n) is 3.03. The average molecular weight is 491 g/mol. The van der Waals surface area contributed by atoms with Crippen molar-refractivity contribution in [1.29, 1.82) is 0 Å². The third-order valence-corrected chi connectivity index (χ3v) is 7.72. The van der Waals surface area contributed by atoms with Crippen molar-refractivity contribution in [2.75, 3.05) is 30.2 Å². The zero-order valence-corrected chi connectivity index (χ0v) is 19.5. The lowest BCUT2D eigenvalue weighted by atomic mass is 10.2. The van der Waals surface area contributed by atoms with E-state index in [1.807, 2.05) is 5.38 Å². The van der Waals surface area contributed by atoms with Crippen LogP contribution >= 0.6 is 23.1 Å². The van der Waals surface area contributed by atoms with Gasteiger partial charge in [0, 0.05) is 35.4 Å². The molecule has 0 spiro atoms. The molecule has 2 aromatic carbocycles. The first-order valence-corrected chi connectivity index (χ1v) is 13.5. The zero-order valence-electron chi connectivity index (χ0n) is 17.1. The van der Waals surface area contributed by atoms with E-state index in [1.165, 1.54) is 23.8 Å². The minimum absolute atomic E-state index is 0.0549. The molecule has 0 aliphatic carbocycles. The Kier molecular flexibility index (Phi) is 7.23. The average Bonchev–Trinajstić information content (AvgIpc) is 3.32.